The average molecular weight is 447 g/mol. The molecule has 10 heteroatoms. The molecule has 1 saturated heterocycles. The van der Waals surface area contributed by atoms with Gasteiger partial charge in [0, 0.05) is 13.0 Å². The quantitative estimate of drug-likeness (QED) is 0.642. The third kappa shape index (κ3) is 4.05. The third-order valence-corrected chi connectivity index (χ3v) is 6.77. The van der Waals surface area contributed by atoms with Crippen LogP contribution in [0.25, 0.3) is 11.5 Å². The Morgan fingerprint density at radius 1 is 1.27 bits per heavy atom. The number of nitrogens with zero attached hydrogens (tertiary/aromatic N) is 4. The third-order valence-electron chi connectivity index (χ3n) is 5.23. The summed E-state index contributed by atoms with van der Waals surface area (Å²) in [5, 5.41) is 12.0. The summed E-state index contributed by atoms with van der Waals surface area (Å²) in [6.07, 6.45) is 5.80. The first-order valence-corrected chi connectivity index (χ1v) is 11.7. The summed E-state index contributed by atoms with van der Waals surface area (Å²) in [6.45, 7) is 0.860. The van der Waals surface area contributed by atoms with E-state index in [2.05, 4.69) is 38.8 Å². The van der Waals surface area contributed by atoms with Gasteiger partial charge in [-0.3, -0.25) is 4.31 Å². The maximum absolute atomic E-state index is 11.9. The van der Waals surface area contributed by atoms with Crippen molar-refractivity contribution in [1.29, 1.82) is 0 Å². The SMILES string of the molecule is CN(c1n[c]cc(-c2nnc([C@@H]3NCCC[C@H]3c3ccccc3)o2)c1Cl)S(C)(=O)=O. The summed E-state index contributed by atoms with van der Waals surface area (Å²) >= 11 is 6.43. The first-order chi connectivity index (χ1) is 14.4. The Kier molecular flexibility index (Phi) is 5.77. The van der Waals surface area contributed by atoms with Crippen molar-refractivity contribution in [2.45, 2.75) is 24.8 Å². The molecule has 0 bridgehead atoms. The van der Waals surface area contributed by atoms with Crippen LogP contribution in [0.1, 0.15) is 36.3 Å². The summed E-state index contributed by atoms with van der Waals surface area (Å²) in [7, 11) is -2.17. The Labute approximate surface area is 180 Å². The van der Waals surface area contributed by atoms with Gasteiger partial charge in [0.1, 0.15) is 0 Å². The topological polar surface area (TPSA) is 101 Å². The van der Waals surface area contributed by atoms with Gasteiger partial charge < -0.3 is 9.73 Å². The first kappa shape index (κ1) is 20.8. The van der Waals surface area contributed by atoms with Crippen LogP contribution in [-0.4, -0.2) is 43.4 Å². The predicted octanol–water partition coefficient (Wildman–Crippen LogP) is 3.19. The fraction of sp³-hybridized carbons (Fsp3) is 0.350. The predicted molar refractivity (Wildman–Crippen MR) is 114 cm³/mol. The number of hydrogen-bond donors (Lipinski definition) is 1. The van der Waals surface area contributed by atoms with E-state index in [-0.39, 0.29) is 28.7 Å². The number of nitrogens with one attached hydrogen (secondary N) is 1. The fourth-order valence-electron chi connectivity index (χ4n) is 3.59. The van der Waals surface area contributed by atoms with E-state index in [9.17, 15) is 8.42 Å². The number of sulfonamides is 1. The largest absolute Gasteiger partial charge is 0.419 e. The molecule has 2 atom stereocenters. The molecule has 1 radical (unpaired) electrons. The maximum Gasteiger partial charge on any atom is 0.249 e. The highest BCUT2D eigenvalue weighted by Gasteiger charge is 2.32. The van der Waals surface area contributed by atoms with Crippen molar-refractivity contribution in [1.82, 2.24) is 20.5 Å². The van der Waals surface area contributed by atoms with Gasteiger partial charge in [-0.05, 0) is 31.0 Å². The molecule has 8 nitrogen and oxygen atoms in total. The van der Waals surface area contributed by atoms with Crippen molar-refractivity contribution in [3.05, 3.63) is 59.1 Å². The summed E-state index contributed by atoms with van der Waals surface area (Å²) in [4.78, 5) is 3.97. The van der Waals surface area contributed by atoms with E-state index in [4.69, 9.17) is 16.0 Å². The monoisotopic (exact) mass is 446 g/mol. The Bertz CT molecular complexity index is 1140. The van der Waals surface area contributed by atoms with Gasteiger partial charge in [0.2, 0.25) is 21.8 Å². The molecule has 2 aromatic heterocycles. The van der Waals surface area contributed by atoms with Crippen molar-refractivity contribution >= 4 is 27.4 Å². The van der Waals surface area contributed by atoms with Crippen LogP contribution in [0.15, 0.2) is 40.8 Å². The van der Waals surface area contributed by atoms with Crippen LogP contribution in [0.3, 0.4) is 0 Å². The smallest absolute Gasteiger partial charge is 0.249 e. The van der Waals surface area contributed by atoms with Crippen LogP contribution in [0.5, 0.6) is 0 Å². The Morgan fingerprint density at radius 2 is 2.03 bits per heavy atom. The van der Waals surface area contributed by atoms with Crippen LogP contribution in [0.4, 0.5) is 5.82 Å². The molecule has 157 valence electrons. The second kappa shape index (κ2) is 8.33. The number of piperidine rings is 1. The Hall–Kier alpha value is -2.49. The van der Waals surface area contributed by atoms with E-state index < -0.39 is 10.0 Å². The molecule has 0 unspecified atom stereocenters. The molecule has 3 heterocycles. The molecular formula is C20H21ClN5O3S. The minimum atomic E-state index is -3.54. The lowest BCUT2D eigenvalue weighted by Gasteiger charge is -2.30. The van der Waals surface area contributed by atoms with E-state index in [1.54, 1.807) is 0 Å². The lowest BCUT2D eigenvalue weighted by molar-refractivity contribution is 0.303. The number of aromatic nitrogens is 3. The lowest BCUT2D eigenvalue weighted by atomic mass is 9.85. The fourth-order valence-corrected chi connectivity index (χ4v) is 4.39. The van der Waals surface area contributed by atoms with Crippen molar-refractivity contribution in [2.24, 2.45) is 0 Å². The molecule has 0 amide bonds. The minimum absolute atomic E-state index is 0.0503. The van der Waals surface area contributed by atoms with Gasteiger partial charge in [0.25, 0.3) is 0 Å². The number of anilines is 1. The highest BCUT2D eigenvalue weighted by atomic mass is 35.5. The number of benzene rings is 1. The number of halogens is 1. The Balaban J connectivity index is 1.68. The van der Waals surface area contributed by atoms with Gasteiger partial charge in [-0.15, -0.1) is 10.2 Å². The zero-order valence-electron chi connectivity index (χ0n) is 16.5. The molecule has 3 aromatic rings. The normalized spacial score (nSPS) is 19.6. The van der Waals surface area contributed by atoms with Gasteiger partial charge in [0.15, 0.2) is 5.82 Å². The van der Waals surface area contributed by atoms with Crippen molar-refractivity contribution in [3.63, 3.8) is 0 Å². The van der Waals surface area contributed by atoms with Gasteiger partial charge >= 0.3 is 0 Å². The number of pyridine rings is 1. The van der Waals surface area contributed by atoms with E-state index in [0.29, 0.717) is 11.5 Å². The molecule has 0 saturated carbocycles. The summed E-state index contributed by atoms with van der Waals surface area (Å²) in [6, 6.07) is 11.6. The van der Waals surface area contributed by atoms with Crippen molar-refractivity contribution in [2.75, 3.05) is 24.2 Å². The van der Waals surface area contributed by atoms with Gasteiger partial charge in [-0.1, -0.05) is 41.9 Å². The zero-order valence-corrected chi connectivity index (χ0v) is 18.1. The number of hydrogen-bond acceptors (Lipinski definition) is 7. The molecule has 0 aliphatic carbocycles. The first-order valence-electron chi connectivity index (χ1n) is 9.49. The van der Waals surface area contributed by atoms with Crippen molar-refractivity contribution in [3.8, 4) is 11.5 Å². The second-order valence-corrected chi connectivity index (χ2v) is 9.60. The van der Waals surface area contributed by atoms with E-state index >= 15 is 0 Å². The van der Waals surface area contributed by atoms with E-state index in [1.165, 1.54) is 18.7 Å². The van der Waals surface area contributed by atoms with Crippen LogP contribution < -0.4 is 9.62 Å². The van der Waals surface area contributed by atoms with Crippen LogP contribution in [0, 0.1) is 6.20 Å². The molecule has 1 aliphatic rings. The standard InChI is InChI=1S/C20H21ClN5O3S/c1-26(30(2,27)28)18-16(21)15(10-12-23-18)19-24-25-20(29-19)17-14(9-6-11-22-17)13-7-4-3-5-8-13/h3-5,7-8,10,14,17,22H,6,9,11H2,1-2H3/t14-,17+/m0/s1. The molecule has 0 spiro atoms. The molecule has 1 aliphatic heterocycles. The molecule has 30 heavy (non-hydrogen) atoms. The average Bonchev–Trinajstić information content (AvgIpc) is 3.23. The summed E-state index contributed by atoms with van der Waals surface area (Å²) in [5.74, 6) is 0.912. The van der Waals surface area contributed by atoms with Crippen LogP contribution in [-0.2, 0) is 10.0 Å². The highest BCUT2D eigenvalue weighted by molar-refractivity contribution is 7.92. The second-order valence-electron chi connectivity index (χ2n) is 7.20. The lowest BCUT2D eigenvalue weighted by Crippen LogP contribution is -2.33. The highest BCUT2D eigenvalue weighted by Crippen LogP contribution is 2.39. The van der Waals surface area contributed by atoms with E-state index in [1.807, 2.05) is 18.2 Å². The summed E-state index contributed by atoms with van der Waals surface area (Å²) in [5.41, 5.74) is 1.59. The zero-order chi connectivity index (χ0) is 21.3. The Morgan fingerprint density at radius 3 is 2.77 bits per heavy atom. The molecule has 1 N–H and O–H groups in total. The summed E-state index contributed by atoms with van der Waals surface area (Å²) < 4.78 is 30.7. The molecule has 4 rings (SSSR count). The van der Waals surface area contributed by atoms with Gasteiger partial charge in [-0.25, -0.2) is 13.4 Å². The van der Waals surface area contributed by atoms with Crippen molar-refractivity contribution < 1.29 is 12.8 Å². The van der Waals surface area contributed by atoms with Crippen LogP contribution in [0.2, 0.25) is 5.02 Å². The minimum Gasteiger partial charge on any atom is -0.419 e. The number of rotatable bonds is 5. The molecule has 1 aromatic carbocycles. The van der Waals surface area contributed by atoms with E-state index in [0.717, 1.165) is 29.9 Å². The maximum atomic E-state index is 11.9. The van der Waals surface area contributed by atoms with Gasteiger partial charge in [0.05, 0.1) is 29.1 Å². The molecular weight excluding hydrogens is 426 g/mol. The van der Waals surface area contributed by atoms with Gasteiger partial charge in [-0.2, -0.15) is 0 Å². The molecule has 1 fully saturated rings. The van der Waals surface area contributed by atoms with Crippen LogP contribution >= 0.6 is 11.6 Å².